The van der Waals surface area contributed by atoms with Crippen LogP contribution < -0.4 is 5.32 Å². The summed E-state index contributed by atoms with van der Waals surface area (Å²) in [6.07, 6.45) is 1.78. The minimum atomic E-state index is 0.246. The lowest BCUT2D eigenvalue weighted by atomic mass is 10.2. The maximum Gasteiger partial charge on any atom is 0.224 e. The van der Waals surface area contributed by atoms with Gasteiger partial charge in [-0.15, -0.1) is 11.3 Å². The summed E-state index contributed by atoms with van der Waals surface area (Å²) in [4.78, 5) is 12.6. The zero-order valence-corrected chi connectivity index (χ0v) is 10.9. The topological polar surface area (TPSA) is 50.7 Å². The van der Waals surface area contributed by atoms with Crippen molar-refractivity contribution in [1.82, 2.24) is 15.0 Å². The summed E-state index contributed by atoms with van der Waals surface area (Å²) < 4.78 is 0. The van der Waals surface area contributed by atoms with E-state index >= 15 is 0 Å². The van der Waals surface area contributed by atoms with Gasteiger partial charge in [-0.25, -0.2) is 15.0 Å². The fraction of sp³-hybridized carbons (Fsp3) is 0.0833. The molecular weight excluding hydrogens is 268 g/mol. The van der Waals surface area contributed by atoms with E-state index in [0.717, 1.165) is 21.7 Å². The van der Waals surface area contributed by atoms with E-state index in [9.17, 15) is 0 Å². The van der Waals surface area contributed by atoms with Crippen molar-refractivity contribution in [2.75, 3.05) is 5.32 Å². The molecule has 0 amide bonds. The van der Waals surface area contributed by atoms with Gasteiger partial charge in [-0.3, -0.25) is 0 Å². The first-order valence-corrected chi connectivity index (χ1v) is 6.63. The molecule has 90 valence electrons. The molecule has 2 heterocycles. The van der Waals surface area contributed by atoms with Crippen molar-refractivity contribution in [3.05, 3.63) is 46.1 Å². The molecule has 0 radical (unpaired) electrons. The first-order chi connectivity index (χ1) is 8.83. The highest BCUT2D eigenvalue weighted by molar-refractivity contribution is 7.09. The molecule has 18 heavy (non-hydrogen) atoms. The van der Waals surface area contributed by atoms with Gasteiger partial charge in [-0.2, -0.15) is 0 Å². The molecule has 2 aromatic heterocycles. The van der Waals surface area contributed by atoms with Crippen molar-refractivity contribution in [3.63, 3.8) is 0 Å². The van der Waals surface area contributed by atoms with Gasteiger partial charge in [0.2, 0.25) is 5.28 Å². The Labute approximate surface area is 113 Å². The van der Waals surface area contributed by atoms with Crippen molar-refractivity contribution >= 4 is 39.7 Å². The second kappa shape index (κ2) is 4.88. The van der Waals surface area contributed by atoms with Gasteiger partial charge in [0, 0.05) is 17.0 Å². The fourth-order valence-corrected chi connectivity index (χ4v) is 2.41. The standard InChI is InChI=1S/C12H9ClN4S/c13-12-16-9-4-2-1-3-8(9)11(17-12)15-7-10-14-5-6-18-10/h1-6H,7H2,(H,15,16,17). The fourth-order valence-electron chi connectivity index (χ4n) is 1.68. The number of halogens is 1. The summed E-state index contributed by atoms with van der Waals surface area (Å²) in [6.45, 7) is 0.634. The van der Waals surface area contributed by atoms with Crippen LogP contribution in [0.3, 0.4) is 0 Å². The average Bonchev–Trinajstić information content (AvgIpc) is 2.89. The van der Waals surface area contributed by atoms with E-state index < -0.39 is 0 Å². The number of para-hydroxylation sites is 1. The molecule has 0 bridgehead atoms. The molecular formula is C12H9ClN4S. The molecule has 3 aromatic rings. The molecule has 1 N–H and O–H groups in total. The Morgan fingerprint density at radius 3 is 2.94 bits per heavy atom. The second-order valence-corrected chi connectivity index (χ2v) is 4.95. The molecule has 0 aliphatic rings. The second-order valence-electron chi connectivity index (χ2n) is 3.64. The third-order valence-electron chi connectivity index (χ3n) is 2.47. The number of hydrogen-bond acceptors (Lipinski definition) is 5. The molecule has 0 unspecified atom stereocenters. The largest absolute Gasteiger partial charge is 0.363 e. The Balaban J connectivity index is 1.95. The van der Waals surface area contributed by atoms with Crippen molar-refractivity contribution < 1.29 is 0 Å². The molecule has 0 fully saturated rings. The van der Waals surface area contributed by atoms with E-state index in [1.807, 2.05) is 29.6 Å². The predicted molar refractivity (Wildman–Crippen MR) is 74.0 cm³/mol. The minimum Gasteiger partial charge on any atom is -0.363 e. The SMILES string of the molecule is Clc1nc(NCc2nccs2)c2ccccc2n1. The van der Waals surface area contributed by atoms with Crippen LogP contribution in [0.2, 0.25) is 5.28 Å². The third kappa shape index (κ3) is 2.27. The van der Waals surface area contributed by atoms with Gasteiger partial charge < -0.3 is 5.32 Å². The van der Waals surface area contributed by atoms with Crippen molar-refractivity contribution in [1.29, 1.82) is 0 Å². The number of rotatable bonds is 3. The molecule has 4 nitrogen and oxygen atoms in total. The van der Waals surface area contributed by atoms with Gasteiger partial charge in [0.15, 0.2) is 0 Å². The number of thiazole rings is 1. The Kier molecular flexibility index (Phi) is 3.08. The van der Waals surface area contributed by atoms with Crippen molar-refractivity contribution in [2.24, 2.45) is 0 Å². The first kappa shape index (κ1) is 11.4. The Bertz CT molecular complexity index is 669. The van der Waals surface area contributed by atoms with E-state index in [4.69, 9.17) is 11.6 Å². The lowest BCUT2D eigenvalue weighted by molar-refractivity contribution is 1.07. The Morgan fingerprint density at radius 1 is 1.22 bits per heavy atom. The van der Waals surface area contributed by atoms with E-state index in [0.29, 0.717) is 6.54 Å². The van der Waals surface area contributed by atoms with Crippen LogP contribution in [0.25, 0.3) is 10.9 Å². The molecule has 0 atom stereocenters. The van der Waals surface area contributed by atoms with Gasteiger partial charge in [-0.05, 0) is 23.7 Å². The lowest BCUT2D eigenvalue weighted by Gasteiger charge is -2.07. The van der Waals surface area contributed by atoms with E-state index in [1.54, 1.807) is 17.5 Å². The van der Waals surface area contributed by atoms with Crippen LogP contribution >= 0.6 is 22.9 Å². The third-order valence-corrected chi connectivity index (χ3v) is 3.42. The zero-order valence-electron chi connectivity index (χ0n) is 9.30. The van der Waals surface area contributed by atoms with Crippen LogP contribution in [-0.4, -0.2) is 15.0 Å². The van der Waals surface area contributed by atoms with E-state index in [2.05, 4.69) is 20.3 Å². The van der Waals surface area contributed by atoms with Crippen LogP contribution in [-0.2, 0) is 6.54 Å². The van der Waals surface area contributed by atoms with Crippen molar-refractivity contribution in [3.8, 4) is 0 Å². The van der Waals surface area contributed by atoms with Gasteiger partial charge in [0.25, 0.3) is 0 Å². The number of anilines is 1. The highest BCUT2D eigenvalue weighted by atomic mass is 35.5. The first-order valence-electron chi connectivity index (χ1n) is 5.37. The maximum absolute atomic E-state index is 5.91. The van der Waals surface area contributed by atoms with E-state index in [-0.39, 0.29) is 5.28 Å². The van der Waals surface area contributed by atoms with E-state index in [1.165, 1.54) is 0 Å². The molecule has 0 saturated carbocycles. The van der Waals surface area contributed by atoms with Crippen LogP contribution in [0.5, 0.6) is 0 Å². The highest BCUT2D eigenvalue weighted by Gasteiger charge is 2.06. The van der Waals surface area contributed by atoms with Crippen LogP contribution in [0.1, 0.15) is 5.01 Å². The van der Waals surface area contributed by atoms with Crippen LogP contribution in [0.4, 0.5) is 5.82 Å². The Morgan fingerprint density at radius 2 is 2.11 bits per heavy atom. The smallest absolute Gasteiger partial charge is 0.224 e. The summed E-state index contributed by atoms with van der Waals surface area (Å²) in [5.74, 6) is 0.737. The Hall–Kier alpha value is -1.72. The van der Waals surface area contributed by atoms with Gasteiger partial charge >= 0.3 is 0 Å². The molecule has 0 aliphatic carbocycles. The normalized spacial score (nSPS) is 10.7. The summed E-state index contributed by atoms with van der Waals surface area (Å²) >= 11 is 7.51. The van der Waals surface area contributed by atoms with Gasteiger partial charge in [0.1, 0.15) is 10.8 Å². The highest BCUT2D eigenvalue weighted by Crippen LogP contribution is 2.22. The molecule has 3 rings (SSSR count). The maximum atomic E-state index is 5.91. The van der Waals surface area contributed by atoms with Gasteiger partial charge in [-0.1, -0.05) is 12.1 Å². The van der Waals surface area contributed by atoms with Gasteiger partial charge in [0.05, 0.1) is 12.1 Å². The van der Waals surface area contributed by atoms with Crippen LogP contribution in [0.15, 0.2) is 35.8 Å². The number of nitrogens with zero attached hydrogens (tertiary/aromatic N) is 3. The molecule has 6 heteroatoms. The number of benzene rings is 1. The lowest BCUT2D eigenvalue weighted by Crippen LogP contribution is -2.02. The average molecular weight is 277 g/mol. The number of nitrogens with one attached hydrogen (secondary N) is 1. The summed E-state index contributed by atoms with van der Waals surface area (Å²) in [5.41, 5.74) is 0.833. The predicted octanol–water partition coefficient (Wildman–Crippen LogP) is 3.35. The molecule has 0 aliphatic heterocycles. The monoisotopic (exact) mass is 276 g/mol. The number of fused-ring (bicyclic) bond motifs is 1. The summed E-state index contributed by atoms with van der Waals surface area (Å²) in [6, 6.07) is 7.76. The zero-order chi connectivity index (χ0) is 12.4. The number of hydrogen-bond donors (Lipinski definition) is 1. The quantitative estimate of drug-likeness (QED) is 0.746. The van der Waals surface area contributed by atoms with Crippen LogP contribution in [0, 0.1) is 0 Å². The molecule has 0 spiro atoms. The molecule has 0 saturated heterocycles. The van der Waals surface area contributed by atoms with Crippen molar-refractivity contribution in [2.45, 2.75) is 6.54 Å². The minimum absolute atomic E-state index is 0.246. The molecule has 1 aromatic carbocycles. The number of aromatic nitrogens is 3. The summed E-state index contributed by atoms with van der Waals surface area (Å²) in [5, 5.41) is 7.40. The summed E-state index contributed by atoms with van der Waals surface area (Å²) in [7, 11) is 0.